The molecule has 1 aliphatic heterocycles. The molecule has 2 atom stereocenters. The zero-order valence-corrected chi connectivity index (χ0v) is 14.1. The minimum Gasteiger partial charge on any atom is -0.335 e. The van der Waals surface area contributed by atoms with Crippen molar-refractivity contribution in [2.45, 2.75) is 44.6 Å². The average Bonchev–Trinajstić information content (AvgIpc) is 2.70. The van der Waals surface area contributed by atoms with Gasteiger partial charge in [0.1, 0.15) is 0 Å². The van der Waals surface area contributed by atoms with Crippen LogP contribution in [0.2, 0.25) is 0 Å². The van der Waals surface area contributed by atoms with E-state index in [2.05, 4.69) is 6.92 Å². The predicted molar refractivity (Wildman–Crippen MR) is 81.0 cm³/mol. The molecule has 2 unspecified atom stereocenters. The van der Waals surface area contributed by atoms with E-state index in [1.807, 2.05) is 11.8 Å². The van der Waals surface area contributed by atoms with Crippen molar-refractivity contribution < 1.29 is 13.2 Å². The number of carbonyl (C=O) groups excluding carboxylic acids is 1. The van der Waals surface area contributed by atoms with E-state index in [9.17, 15) is 13.2 Å². The first-order valence-corrected chi connectivity index (χ1v) is 9.68. The van der Waals surface area contributed by atoms with Crippen molar-refractivity contribution in [1.29, 1.82) is 0 Å². The Hall–Kier alpha value is -0.590. The Labute approximate surface area is 128 Å². The summed E-state index contributed by atoms with van der Waals surface area (Å²) in [5, 5.41) is 0. The molecule has 1 aromatic rings. The molecule has 1 saturated heterocycles. The zero-order valence-electron chi connectivity index (χ0n) is 11.7. The molecule has 0 aliphatic carbocycles. The highest BCUT2D eigenvalue weighted by Crippen LogP contribution is 2.31. The van der Waals surface area contributed by atoms with Crippen LogP contribution in [0.3, 0.4) is 0 Å². The number of amides is 1. The molecule has 112 valence electrons. The summed E-state index contributed by atoms with van der Waals surface area (Å²) in [6, 6.07) is 1.58. The van der Waals surface area contributed by atoms with Crippen LogP contribution in [0.25, 0.3) is 0 Å². The average molecular weight is 336 g/mol. The van der Waals surface area contributed by atoms with Gasteiger partial charge in [0.05, 0.1) is 9.77 Å². The Bertz CT molecular complexity index is 624. The Morgan fingerprint density at radius 1 is 1.45 bits per heavy atom. The van der Waals surface area contributed by atoms with Crippen LogP contribution >= 0.6 is 22.0 Å². The number of carbonyl (C=O) groups is 1. The molecule has 0 saturated carbocycles. The van der Waals surface area contributed by atoms with Crippen LogP contribution in [0.5, 0.6) is 0 Å². The topological polar surface area (TPSA) is 54.5 Å². The van der Waals surface area contributed by atoms with Gasteiger partial charge in [-0.2, -0.15) is 0 Å². The van der Waals surface area contributed by atoms with E-state index in [1.54, 1.807) is 6.92 Å². The molecule has 0 bridgehead atoms. The first-order valence-electron chi connectivity index (χ1n) is 6.56. The number of aryl methyl sites for hydroxylation is 1. The van der Waals surface area contributed by atoms with Gasteiger partial charge in [-0.1, -0.05) is 6.92 Å². The molecule has 0 N–H and O–H groups in total. The molecular weight excluding hydrogens is 318 g/mol. The summed E-state index contributed by atoms with van der Waals surface area (Å²) in [5.74, 6) is 0.530. The summed E-state index contributed by atoms with van der Waals surface area (Å²) in [6.45, 7) is 6.61. The normalized spacial score (nSPS) is 23.9. The van der Waals surface area contributed by atoms with Crippen LogP contribution in [0.1, 0.15) is 41.2 Å². The molecule has 20 heavy (non-hydrogen) atoms. The maximum Gasteiger partial charge on any atom is 0.264 e. The number of hydrogen-bond acceptors (Lipinski definition) is 4. The van der Waals surface area contributed by atoms with E-state index in [-0.39, 0.29) is 16.8 Å². The van der Waals surface area contributed by atoms with Gasteiger partial charge in [0, 0.05) is 28.1 Å². The van der Waals surface area contributed by atoms with E-state index in [0.29, 0.717) is 15.7 Å². The minimum atomic E-state index is -3.79. The van der Waals surface area contributed by atoms with Gasteiger partial charge < -0.3 is 4.90 Å². The fourth-order valence-electron chi connectivity index (χ4n) is 2.66. The van der Waals surface area contributed by atoms with Crippen LogP contribution in [0, 0.1) is 12.8 Å². The minimum absolute atomic E-state index is 0.0468. The number of thiophene rings is 1. The van der Waals surface area contributed by atoms with E-state index >= 15 is 0 Å². The Kier molecular flexibility index (Phi) is 4.47. The van der Waals surface area contributed by atoms with Crippen molar-refractivity contribution in [3.63, 3.8) is 0 Å². The van der Waals surface area contributed by atoms with Crippen molar-refractivity contribution in [2.24, 2.45) is 5.92 Å². The number of likely N-dealkylation sites (tertiary alicyclic amines) is 1. The summed E-state index contributed by atoms with van der Waals surface area (Å²) in [4.78, 5) is 15.4. The van der Waals surface area contributed by atoms with Crippen LogP contribution in [-0.2, 0) is 9.05 Å². The zero-order chi connectivity index (χ0) is 15.1. The molecule has 1 amide bonds. The molecule has 2 rings (SSSR count). The lowest BCUT2D eigenvalue weighted by Gasteiger charge is -2.36. The largest absolute Gasteiger partial charge is 0.335 e. The highest BCUT2D eigenvalue weighted by atomic mass is 35.7. The Morgan fingerprint density at radius 3 is 2.60 bits per heavy atom. The highest BCUT2D eigenvalue weighted by Gasteiger charge is 2.29. The molecule has 4 nitrogen and oxygen atoms in total. The highest BCUT2D eigenvalue weighted by molar-refractivity contribution is 8.13. The molecule has 0 aromatic carbocycles. The maximum atomic E-state index is 12.5. The summed E-state index contributed by atoms with van der Waals surface area (Å²) >= 11 is 1.19. The second-order valence-electron chi connectivity index (χ2n) is 5.45. The quantitative estimate of drug-likeness (QED) is 0.779. The fourth-order valence-corrected chi connectivity index (χ4v) is 5.28. The van der Waals surface area contributed by atoms with Gasteiger partial charge in [0.2, 0.25) is 0 Å². The van der Waals surface area contributed by atoms with Crippen LogP contribution < -0.4 is 0 Å². The summed E-state index contributed by atoms with van der Waals surface area (Å²) < 4.78 is 22.8. The third kappa shape index (κ3) is 3.18. The van der Waals surface area contributed by atoms with Crippen LogP contribution in [-0.4, -0.2) is 31.8 Å². The summed E-state index contributed by atoms with van der Waals surface area (Å²) in [6.07, 6.45) is 1.97. The number of piperidine rings is 1. The van der Waals surface area contributed by atoms with Crippen molar-refractivity contribution in [3.05, 3.63) is 15.8 Å². The molecule has 0 spiro atoms. The molecule has 0 radical (unpaired) electrons. The van der Waals surface area contributed by atoms with Crippen molar-refractivity contribution in [1.82, 2.24) is 4.90 Å². The van der Waals surface area contributed by atoms with E-state index in [0.717, 1.165) is 19.4 Å². The molecule has 2 heterocycles. The number of halogens is 1. The second kappa shape index (κ2) is 5.66. The number of rotatable bonds is 2. The number of nitrogens with zero attached hydrogens (tertiary/aromatic N) is 1. The van der Waals surface area contributed by atoms with Gasteiger partial charge in [-0.3, -0.25) is 4.79 Å². The summed E-state index contributed by atoms with van der Waals surface area (Å²) in [7, 11) is 1.58. The third-order valence-corrected chi connectivity index (χ3v) is 6.36. The van der Waals surface area contributed by atoms with Gasteiger partial charge >= 0.3 is 0 Å². The lowest BCUT2D eigenvalue weighted by Crippen LogP contribution is -2.43. The smallest absolute Gasteiger partial charge is 0.264 e. The summed E-state index contributed by atoms with van der Waals surface area (Å²) in [5.41, 5.74) is 0. The molecule has 1 fully saturated rings. The van der Waals surface area contributed by atoms with Gasteiger partial charge in [-0.05, 0) is 38.7 Å². The predicted octanol–water partition coefficient (Wildman–Crippen LogP) is 3.24. The molecule has 7 heteroatoms. The van der Waals surface area contributed by atoms with Crippen molar-refractivity contribution in [3.8, 4) is 0 Å². The van der Waals surface area contributed by atoms with Crippen LogP contribution in [0.15, 0.2) is 11.0 Å². The first-order chi connectivity index (χ1) is 9.20. The number of hydrogen-bond donors (Lipinski definition) is 0. The van der Waals surface area contributed by atoms with E-state index in [1.165, 1.54) is 17.4 Å². The SMILES string of the molecule is Cc1sc(C(=O)N2CCC(C)CC2C)cc1S(=O)(=O)Cl. The van der Waals surface area contributed by atoms with Gasteiger partial charge in [0.15, 0.2) is 0 Å². The third-order valence-electron chi connectivity index (χ3n) is 3.74. The monoisotopic (exact) mass is 335 g/mol. The lowest BCUT2D eigenvalue weighted by molar-refractivity contribution is 0.0593. The molecule has 1 aliphatic rings. The fraction of sp³-hybridized carbons (Fsp3) is 0.615. The molecule has 1 aromatic heterocycles. The molecular formula is C13H18ClNO3S2. The van der Waals surface area contributed by atoms with Gasteiger partial charge in [-0.25, -0.2) is 8.42 Å². The van der Waals surface area contributed by atoms with Gasteiger partial charge in [-0.15, -0.1) is 11.3 Å². The second-order valence-corrected chi connectivity index (χ2v) is 9.24. The first kappa shape index (κ1) is 15.8. The van der Waals surface area contributed by atoms with E-state index < -0.39 is 9.05 Å². The van der Waals surface area contributed by atoms with Crippen LogP contribution in [0.4, 0.5) is 0 Å². The standard InChI is InChI=1S/C13H18ClNO3S2/c1-8-4-5-15(9(2)6-8)13(16)11-7-12(10(3)19-11)20(14,17)18/h7-9H,4-6H2,1-3H3. The van der Waals surface area contributed by atoms with Crippen molar-refractivity contribution in [2.75, 3.05) is 6.54 Å². The Morgan fingerprint density at radius 2 is 2.10 bits per heavy atom. The van der Waals surface area contributed by atoms with Crippen molar-refractivity contribution >= 4 is 37.0 Å². The Balaban J connectivity index is 2.26. The maximum absolute atomic E-state index is 12.5. The van der Waals surface area contributed by atoms with Gasteiger partial charge in [0.25, 0.3) is 15.0 Å². The lowest BCUT2D eigenvalue weighted by atomic mass is 9.93. The van der Waals surface area contributed by atoms with E-state index in [4.69, 9.17) is 10.7 Å².